The molecule has 1 aliphatic heterocycles. The predicted molar refractivity (Wildman–Crippen MR) is 108 cm³/mol. The normalized spacial score (nSPS) is 16.7. The number of aromatic nitrogens is 2. The van der Waals surface area contributed by atoms with Crippen LogP contribution < -0.4 is 5.32 Å². The smallest absolute Gasteiger partial charge is 0.322 e. The van der Waals surface area contributed by atoms with Gasteiger partial charge in [0.1, 0.15) is 11.9 Å². The Balaban J connectivity index is 1.54. The van der Waals surface area contributed by atoms with E-state index in [-0.39, 0.29) is 17.1 Å². The largest absolute Gasteiger partial charge is 0.337 e. The Morgan fingerprint density at radius 3 is 2.86 bits per heavy atom. The Hall–Kier alpha value is -2.64. The van der Waals surface area contributed by atoms with E-state index in [9.17, 15) is 9.18 Å². The van der Waals surface area contributed by atoms with Crippen LogP contribution in [0, 0.1) is 5.82 Å². The Morgan fingerprint density at radius 2 is 2.07 bits per heavy atom. The number of halogens is 3. The Morgan fingerprint density at radius 1 is 1.21 bits per heavy atom. The third-order valence-corrected chi connectivity index (χ3v) is 5.27. The fourth-order valence-corrected chi connectivity index (χ4v) is 3.69. The number of urea groups is 1. The molecule has 1 fully saturated rings. The van der Waals surface area contributed by atoms with Crippen LogP contribution >= 0.6 is 23.2 Å². The molecule has 1 N–H and O–H groups in total. The fraction of sp³-hybridized carbons (Fsp3) is 0.250. The van der Waals surface area contributed by atoms with Crippen LogP contribution in [0.25, 0.3) is 11.4 Å². The molecule has 0 saturated carbocycles. The summed E-state index contributed by atoms with van der Waals surface area (Å²) in [7, 11) is 0. The first kappa shape index (κ1) is 19.7. The molecule has 4 rings (SSSR count). The van der Waals surface area contributed by atoms with Gasteiger partial charge in [-0.15, -0.1) is 0 Å². The first-order valence-corrected chi connectivity index (χ1v) is 9.89. The molecule has 0 aliphatic carbocycles. The molecule has 9 heteroatoms. The van der Waals surface area contributed by atoms with Gasteiger partial charge in [-0.3, -0.25) is 0 Å². The van der Waals surface area contributed by atoms with E-state index in [1.165, 1.54) is 18.2 Å². The number of carbonyl (C=O) groups excluding carboxylic acids is 1. The number of carbonyl (C=O) groups is 1. The molecular formula is C20H17Cl2FN4O2. The van der Waals surface area contributed by atoms with Gasteiger partial charge in [-0.25, -0.2) is 9.18 Å². The van der Waals surface area contributed by atoms with Crippen molar-refractivity contribution in [2.24, 2.45) is 0 Å². The van der Waals surface area contributed by atoms with Crippen LogP contribution in [0.3, 0.4) is 0 Å². The summed E-state index contributed by atoms with van der Waals surface area (Å²) < 4.78 is 18.8. The van der Waals surface area contributed by atoms with E-state index < -0.39 is 5.82 Å². The summed E-state index contributed by atoms with van der Waals surface area (Å²) >= 11 is 11.8. The van der Waals surface area contributed by atoms with Crippen LogP contribution in [-0.4, -0.2) is 27.6 Å². The topological polar surface area (TPSA) is 71.3 Å². The first-order valence-electron chi connectivity index (χ1n) is 9.13. The van der Waals surface area contributed by atoms with E-state index in [4.69, 9.17) is 27.7 Å². The average Bonchev–Trinajstić information content (AvgIpc) is 3.21. The lowest BCUT2D eigenvalue weighted by atomic mass is 10.0. The second-order valence-electron chi connectivity index (χ2n) is 6.73. The summed E-state index contributed by atoms with van der Waals surface area (Å²) in [6.45, 7) is 0.542. The highest BCUT2D eigenvalue weighted by atomic mass is 35.5. The van der Waals surface area contributed by atoms with Gasteiger partial charge >= 0.3 is 6.03 Å². The number of hydrogen-bond acceptors (Lipinski definition) is 4. The van der Waals surface area contributed by atoms with Crippen LogP contribution in [0.4, 0.5) is 14.9 Å². The molecule has 150 valence electrons. The van der Waals surface area contributed by atoms with Crippen LogP contribution in [-0.2, 0) is 0 Å². The number of amides is 2. The minimum Gasteiger partial charge on any atom is -0.337 e. The molecule has 29 heavy (non-hydrogen) atoms. The number of piperidine rings is 1. The molecule has 0 bridgehead atoms. The molecule has 6 nitrogen and oxygen atoms in total. The van der Waals surface area contributed by atoms with Crippen molar-refractivity contribution in [3.8, 4) is 11.4 Å². The third-order valence-electron chi connectivity index (χ3n) is 4.74. The van der Waals surface area contributed by atoms with E-state index in [1.807, 2.05) is 12.1 Å². The first-order chi connectivity index (χ1) is 14.0. The zero-order valence-corrected chi connectivity index (χ0v) is 16.8. The van der Waals surface area contributed by atoms with Gasteiger partial charge in [-0.1, -0.05) is 40.5 Å². The Labute approximate surface area is 176 Å². The fourth-order valence-electron chi connectivity index (χ4n) is 3.32. The van der Waals surface area contributed by atoms with Crippen molar-refractivity contribution in [3.05, 3.63) is 64.2 Å². The molecule has 1 saturated heterocycles. The molecule has 1 atom stereocenters. The van der Waals surface area contributed by atoms with Crippen molar-refractivity contribution in [2.75, 3.05) is 11.9 Å². The SMILES string of the molecule is O=C(Nc1ccc(F)c(Cl)c1)N1CCCCC1c1nc(-c2cccc(Cl)c2)no1. The van der Waals surface area contributed by atoms with Crippen molar-refractivity contribution in [3.63, 3.8) is 0 Å². The van der Waals surface area contributed by atoms with Crippen LogP contribution in [0.15, 0.2) is 47.0 Å². The molecule has 1 unspecified atom stereocenters. The molecular weight excluding hydrogens is 418 g/mol. The number of nitrogens with zero attached hydrogens (tertiary/aromatic N) is 3. The Bertz CT molecular complexity index is 1040. The van der Waals surface area contributed by atoms with Crippen molar-refractivity contribution in [2.45, 2.75) is 25.3 Å². The van der Waals surface area contributed by atoms with E-state index in [0.717, 1.165) is 18.4 Å². The molecule has 2 aromatic carbocycles. The van der Waals surface area contributed by atoms with Crippen LogP contribution in [0.5, 0.6) is 0 Å². The van der Waals surface area contributed by atoms with Crippen LogP contribution in [0.1, 0.15) is 31.2 Å². The molecule has 2 heterocycles. The number of benzene rings is 2. The van der Waals surface area contributed by atoms with Crippen LogP contribution in [0.2, 0.25) is 10.0 Å². The van der Waals surface area contributed by atoms with Gasteiger partial charge in [0, 0.05) is 22.8 Å². The van der Waals surface area contributed by atoms with E-state index in [1.54, 1.807) is 17.0 Å². The van der Waals surface area contributed by atoms with Gasteiger partial charge in [-0.05, 0) is 49.6 Å². The molecule has 1 aliphatic rings. The number of hydrogen-bond donors (Lipinski definition) is 1. The minimum absolute atomic E-state index is 0.0546. The zero-order valence-electron chi connectivity index (χ0n) is 15.2. The summed E-state index contributed by atoms with van der Waals surface area (Å²) in [6.07, 6.45) is 2.50. The van der Waals surface area contributed by atoms with Crippen molar-refractivity contribution in [1.82, 2.24) is 15.0 Å². The highest BCUT2D eigenvalue weighted by molar-refractivity contribution is 6.31. The molecule has 0 radical (unpaired) electrons. The second kappa shape index (κ2) is 8.39. The van der Waals surface area contributed by atoms with Crippen molar-refractivity contribution >= 4 is 34.9 Å². The summed E-state index contributed by atoms with van der Waals surface area (Å²) in [6, 6.07) is 10.5. The van der Waals surface area contributed by atoms with Gasteiger partial charge in [0.05, 0.1) is 5.02 Å². The standard InChI is InChI=1S/C20H17Cl2FN4O2/c21-13-5-3-4-12(10-13)18-25-19(29-26-18)17-6-1-2-9-27(17)20(28)24-14-7-8-16(23)15(22)11-14/h3-5,7-8,10-11,17H,1-2,6,9H2,(H,24,28). The predicted octanol–water partition coefficient (Wildman–Crippen LogP) is 5.94. The summed E-state index contributed by atoms with van der Waals surface area (Å²) in [5.41, 5.74) is 1.15. The number of anilines is 1. The summed E-state index contributed by atoms with van der Waals surface area (Å²) in [5.74, 6) is 0.241. The van der Waals surface area contributed by atoms with Gasteiger partial charge in [0.2, 0.25) is 11.7 Å². The quantitative estimate of drug-likeness (QED) is 0.553. The third kappa shape index (κ3) is 4.36. The van der Waals surface area contributed by atoms with Gasteiger partial charge in [0.25, 0.3) is 0 Å². The molecule has 0 spiro atoms. The minimum atomic E-state index is -0.542. The lowest BCUT2D eigenvalue weighted by Gasteiger charge is -2.33. The van der Waals surface area contributed by atoms with Gasteiger partial charge in [0.15, 0.2) is 0 Å². The van der Waals surface area contributed by atoms with Crippen molar-refractivity contribution < 1.29 is 13.7 Å². The zero-order chi connectivity index (χ0) is 20.4. The number of rotatable bonds is 3. The maximum atomic E-state index is 13.4. The highest BCUT2D eigenvalue weighted by Gasteiger charge is 2.32. The number of likely N-dealkylation sites (tertiary alicyclic amines) is 1. The lowest BCUT2D eigenvalue weighted by Crippen LogP contribution is -2.41. The molecule has 2 amide bonds. The highest BCUT2D eigenvalue weighted by Crippen LogP contribution is 2.32. The van der Waals surface area contributed by atoms with E-state index in [2.05, 4.69) is 15.5 Å². The van der Waals surface area contributed by atoms with E-state index >= 15 is 0 Å². The van der Waals surface area contributed by atoms with Gasteiger partial charge < -0.3 is 14.7 Å². The van der Waals surface area contributed by atoms with Crippen molar-refractivity contribution in [1.29, 1.82) is 0 Å². The maximum absolute atomic E-state index is 13.4. The lowest BCUT2D eigenvalue weighted by molar-refractivity contribution is 0.142. The Kier molecular flexibility index (Phi) is 5.69. The van der Waals surface area contributed by atoms with E-state index in [0.29, 0.717) is 35.4 Å². The van der Waals surface area contributed by atoms with Gasteiger partial charge in [-0.2, -0.15) is 4.98 Å². The number of nitrogens with one attached hydrogen (secondary N) is 1. The second-order valence-corrected chi connectivity index (χ2v) is 7.57. The average molecular weight is 435 g/mol. The molecule has 3 aromatic rings. The molecule has 1 aromatic heterocycles. The maximum Gasteiger partial charge on any atom is 0.322 e. The summed E-state index contributed by atoms with van der Waals surface area (Å²) in [5, 5.41) is 7.31. The summed E-state index contributed by atoms with van der Waals surface area (Å²) in [4.78, 5) is 19.0. The monoisotopic (exact) mass is 434 g/mol.